The number of carbonyl (C=O) groups excluding carboxylic acids is 1. The number of nitrogens with one attached hydrogen (secondary N) is 1. The number of aromatic nitrogens is 2. The molecular weight excluding hydrogens is 318 g/mol. The number of furan rings is 1. The highest BCUT2D eigenvalue weighted by molar-refractivity contribution is 8.00. The fraction of sp³-hybridized carbons (Fsp3) is 0.133. The fourth-order valence-corrected chi connectivity index (χ4v) is 3.50. The molecule has 3 rings (SSSR count). The van der Waals surface area contributed by atoms with Gasteiger partial charge in [0.05, 0.1) is 6.26 Å². The van der Waals surface area contributed by atoms with Gasteiger partial charge in [0.15, 0.2) is 10.1 Å². The minimum absolute atomic E-state index is 0.300. The lowest BCUT2D eigenvalue weighted by Crippen LogP contribution is -2.11. The van der Waals surface area contributed by atoms with Crippen molar-refractivity contribution in [3.63, 3.8) is 0 Å². The largest absolute Gasteiger partial charge is 0.459 e. The molecule has 1 amide bonds. The number of rotatable bonds is 5. The zero-order chi connectivity index (χ0) is 15.4. The maximum absolute atomic E-state index is 12.0. The molecule has 0 saturated heterocycles. The maximum atomic E-state index is 12.0. The van der Waals surface area contributed by atoms with Crippen LogP contribution in [0.25, 0.3) is 0 Å². The lowest BCUT2D eigenvalue weighted by Gasteiger charge is -1.98. The highest BCUT2D eigenvalue weighted by atomic mass is 32.2. The van der Waals surface area contributed by atoms with Gasteiger partial charge in [0.1, 0.15) is 0 Å². The summed E-state index contributed by atoms with van der Waals surface area (Å²) in [4.78, 5) is 12.0. The van der Waals surface area contributed by atoms with E-state index >= 15 is 0 Å². The Kier molecular flexibility index (Phi) is 4.55. The molecule has 0 aliphatic carbocycles. The van der Waals surface area contributed by atoms with E-state index in [-0.39, 0.29) is 5.91 Å². The van der Waals surface area contributed by atoms with Crippen molar-refractivity contribution in [2.75, 3.05) is 5.32 Å². The number of aryl methyl sites for hydroxylation is 1. The first-order valence-electron chi connectivity index (χ1n) is 6.58. The van der Waals surface area contributed by atoms with Crippen LogP contribution in [0.1, 0.15) is 21.7 Å². The summed E-state index contributed by atoms with van der Waals surface area (Å²) in [6.45, 7) is 1.82. The Bertz CT molecular complexity index is 768. The molecule has 2 aromatic heterocycles. The van der Waals surface area contributed by atoms with Gasteiger partial charge in [-0.25, -0.2) is 0 Å². The molecule has 0 spiro atoms. The smallest absolute Gasteiger partial charge is 0.293 e. The Morgan fingerprint density at radius 2 is 2.09 bits per heavy atom. The van der Waals surface area contributed by atoms with Crippen molar-refractivity contribution in [3.8, 4) is 0 Å². The van der Waals surface area contributed by atoms with E-state index < -0.39 is 0 Å². The number of anilines is 1. The molecule has 1 aromatic carbocycles. The molecule has 112 valence electrons. The number of hydrogen-bond donors (Lipinski definition) is 1. The van der Waals surface area contributed by atoms with Crippen LogP contribution in [0.15, 0.2) is 51.4 Å². The van der Waals surface area contributed by atoms with E-state index in [2.05, 4.69) is 27.6 Å². The standard InChI is InChI=1S/C15H13N3O2S2/c1-10-7-8-20-12(10)13(19)16-14-17-18-15(22-14)21-9-11-5-3-2-4-6-11/h2-8H,9H2,1H3,(H,16,17,19). The molecule has 3 aromatic rings. The predicted octanol–water partition coefficient (Wildman–Crippen LogP) is 3.98. The van der Waals surface area contributed by atoms with Gasteiger partial charge in [-0.05, 0) is 18.6 Å². The third-order valence-corrected chi connectivity index (χ3v) is 4.94. The molecule has 7 heteroatoms. The molecular formula is C15H13N3O2S2. The van der Waals surface area contributed by atoms with Crippen LogP contribution in [-0.4, -0.2) is 16.1 Å². The molecule has 0 radical (unpaired) electrons. The van der Waals surface area contributed by atoms with E-state index in [1.54, 1.807) is 17.8 Å². The first kappa shape index (κ1) is 14.8. The third-order valence-electron chi connectivity index (χ3n) is 2.90. The molecule has 0 bridgehead atoms. The average molecular weight is 331 g/mol. The number of nitrogens with zero attached hydrogens (tertiary/aromatic N) is 2. The number of hydrogen-bond acceptors (Lipinski definition) is 6. The number of amides is 1. The van der Waals surface area contributed by atoms with Crippen LogP contribution >= 0.6 is 23.1 Å². The molecule has 1 N–H and O–H groups in total. The van der Waals surface area contributed by atoms with Gasteiger partial charge < -0.3 is 4.42 Å². The summed E-state index contributed by atoms with van der Waals surface area (Å²) < 4.78 is 5.96. The SMILES string of the molecule is Cc1ccoc1C(=O)Nc1nnc(SCc2ccccc2)s1. The predicted molar refractivity (Wildman–Crippen MR) is 87.3 cm³/mol. The molecule has 0 unspecified atom stereocenters. The minimum Gasteiger partial charge on any atom is -0.459 e. The summed E-state index contributed by atoms with van der Waals surface area (Å²) in [7, 11) is 0. The second-order valence-electron chi connectivity index (χ2n) is 4.53. The zero-order valence-electron chi connectivity index (χ0n) is 11.8. The van der Waals surface area contributed by atoms with Crippen LogP contribution < -0.4 is 5.32 Å². The van der Waals surface area contributed by atoms with E-state index in [0.29, 0.717) is 10.9 Å². The normalized spacial score (nSPS) is 10.6. The summed E-state index contributed by atoms with van der Waals surface area (Å²) in [5.41, 5.74) is 2.01. The molecule has 0 aliphatic rings. The Labute approximate surface area is 135 Å². The fourth-order valence-electron chi connectivity index (χ4n) is 1.80. The van der Waals surface area contributed by atoms with Crippen LogP contribution in [0.3, 0.4) is 0 Å². The van der Waals surface area contributed by atoms with Crippen LogP contribution in [0.5, 0.6) is 0 Å². The van der Waals surface area contributed by atoms with Gasteiger partial charge in [-0.1, -0.05) is 53.4 Å². The molecule has 5 nitrogen and oxygen atoms in total. The number of benzene rings is 1. The molecule has 0 saturated carbocycles. The van der Waals surface area contributed by atoms with E-state index in [1.807, 2.05) is 25.1 Å². The van der Waals surface area contributed by atoms with Crippen molar-refractivity contribution in [2.45, 2.75) is 17.0 Å². The number of carbonyl (C=O) groups is 1. The summed E-state index contributed by atoms with van der Waals surface area (Å²) >= 11 is 2.94. The Balaban J connectivity index is 1.59. The number of thioether (sulfide) groups is 1. The van der Waals surface area contributed by atoms with Gasteiger partial charge in [0, 0.05) is 11.3 Å². The second-order valence-corrected chi connectivity index (χ2v) is 6.73. The lowest BCUT2D eigenvalue weighted by atomic mass is 10.2. The summed E-state index contributed by atoms with van der Waals surface area (Å²) in [5.74, 6) is 0.813. The summed E-state index contributed by atoms with van der Waals surface area (Å²) in [6, 6.07) is 11.9. The Morgan fingerprint density at radius 3 is 2.82 bits per heavy atom. The van der Waals surface area contributed by atoms with Crippen molar-refractivity contribution in [1.29, 1.82) is 0 Å². The third kappa shape index (κ3) is 3.55. The van der Waals surface area contributed by atoms with Crippen molar-refractivity contribution < 1.29 is 9.21 Å². The van der Waals surface area contributed by atoms with Gasteiger partial charge in [0.2, 0.25) is 5.13 Å². The zero-order valence-corrected chi connectivity index (χ0v) is 13.4. The topological polar surface area (TPSA) is 68.0 Å². The molecule has 0 aliphatic heterocycles. The van der Waals surface area contributed by atoms with Gasteiger partial charge in [-0.2, -0.15) is 0 Å². The average Bonchev–Trinajstić information content (AvgIpc) is 3.15. The van der Waals surface area contributed by atoms with Crippen LogP contribution in [0.2, 0.25) is 0 Å². The van der Waals surface area contributed by atoms with Crippen LogP contribution in [0.4, 0.5) is 5.13 Å². The molecule has 22 heavy (non-hydrogen) atoms. The minimum atomic E-state index is -0.307. The second kappa shape index (κ2) is 6.76. The highest BCUT2D eigenvalue weighted by Gasteiger charge is 2.15. The van der Waals surface area contributed by atoms with Crippen molar-refractivity contribution in [1.82, 2.24) is 10.2 Å². The maximum Gasteiger partial charge on any atom is 0.293 e. The van der Waals surface area contributed by atoms with Crippen molar-refractivity contribution in [3.05, 3.63) is 59.5 Å². The Hall–Kier alpha value is -2.12. The van der Waals surface area contributed by atoms with Gasteiger partial charge >= 0.3 is 0 Å². The van der Waals surface area contributed by atoms with Crippen LogP contribution in [0, 0.1) is 6.92 Å². The first-order valence-corrected chi connectivity index (χ1v) is 8.38. The summed E-state index contributed by atoms with van der Waals surface area (Å²) in [5, 5.41) is 11.2. The van der Waals surface area contributed by atoms with Gasteiger partial charge in [-0.3, -0.25) is 10.1 Å². The van der Waals surface area contributed by atoms with E-state index in [1.165, 1.54) is 23.2 Å². The van der Waals surface area contributed by atoms with Gasteiger partial charge in [-0.15, -0.1) is 10.2 Å². The van der Waals surface area contributed by atoms with Crippen LogP contribution in [-0.2, 0) is 5.75 Å². The van der Waals surface area contributed by atoms with E-state index in [0.717, 1.165) is 15.7 Å². The Morgan fingerprint density at radius 1 is 1.27 bits per heavy atom. The lowest BCUT2D eigenvalue weighted by molar-refractivity contribution is 0.0996. The molecule has 2 heterocycles. The van der Waals surface area contributed by atoms with Crippen molar-refractivity contribution in [2.24, 2.45) is 0 Å². The quantitative estimate of drug-likeness (QED) is 0.565. The van der Waals surface area contributed by atoms with Crippen molar-refractivity contribution >= 4 is 34.1 Å². The highest BCUT2D eigenvalue weighted by Crippen LogP contribution is 2.28. The first-order chi connectivity index (χ1) is 10.7. The van der Waals surface area contributed by atoms with E-state index in [4.69, 9.17) is 4.42 Å². The molecule has 0 fully saturated rings. The summed E-state index contributed by atoms with van der Waals surface area (Å²) in [6.07, 6.45) is 1.49. The monoisotopic (exact) mass is 331 g/mol. The molecule has 0 atom stereocenters. The van der Waals surface area contributed by atoms with E-state index in [9.17, 15) is 4.79 Å². The van der Waals surface area contributed by atoms with Gasteiger partial charge in [0.25, 0.3) is 5.91 Å².